The summed E-state index contributed by atoms with van der Waals surface area (Å²) in [5.41, 5.74) is 1.15. The van der Waals surface area contributed by atoms with Crippen molar-refractivity contribution in [2.45, 2.75) is 50.7 Å². The molecule has 20 heavy (non-hydrogen) atoms. The Morgan fingerprint density at radius 3 is 2.80 bits per heavy atom. The van der Waals surface area contributed by atoms with Crippen molar-refractivity contribution in [3.8, 4) is 0 Å². The topological polar surface area (TPSA) is 15.3 Å². The van der Waals surface area contributed by atoms with Gasteiger partial charge in [0, 0.05) is 35.2 Å². The molecule has 0 spiro atoms. The van der Waals surface area contributed by atoms with Gasteiger partial charge in [0.2, 0.25) is 0 Å². The molecule has 2 nitrogen and oxygen atoms in total. The van der Waals surface area contributed by atoms with Crippen LogP contribution in [0.1, 0.15) is 37.7 Å². The molecule has 1 aliphatic heterocycles. The number of benzene rings is 1. The minimum absolute atomic E-state index is 0.638. The Morgan fingerprint density at radius 2 is 2.00 bits per heavy atom. The first-order valence-corrected chi connectivity index (χ1v) is 8.39. The van der Waals surface area contributed by atoms with Gasteiger partial charge in [-0.1, -0.05) is 29.6 Å². The van der Waals surface area contributed by atoms with Gasteiger partial charge in [-0.15, -0.1) is 0 Å². The zero-order chi connectivity index (χ0) is 13.9. The third-order valence-electron chi connectivity index (χ3n) is 4.35. The van der Waals surface area contributed by atoms with Crippen LogP contribution in [-0.4, -0.2) is 30.1 Å². The smallest absolute Gasteiger partial charge is 0.0452 e. The van der Waals surface area contributed by atoms with Crippen molar-refractivity contribution < 1.29 is 0 Å². The monoisotopic (exact) mass is 312 g/mol. The van der Waals surface area contributed by atoms with Crippen molar-refractivity contribution in [2.75, 3.05) is 13.1 Å². The predicted octanol–water partition coefficient (Wildman–Crippen LogP) is 4.10. The summed E-state index contributed by atoms with van der Waals surface area (Å²) < 4.78 is 0. The van der Waals surface area contributed by atoms with Crippen LogP contribution in [0.15, 0.2) is 18.2 Å². The Kier molecular flexibility index (Phi) is 4.87. The molecular weight excluding hydrogens is 291 g/mol. The van der Waals surface area contributed by atoms with E-state index in [0.717, 1.165) is 34.7 Å². The summed E-state index contributed by atoms with van der Waals surface area (Å²) in [5.74, 6) is 0. The maximum atomic E-state index is 6.30. The number of halogens is 2. The van der Waals surface area contributed by atoms with E-state index in [-0.39, 0.29) is 0 Å². The molecule has 1 saturated heterocycles. The van der Waals surface area contributed by atoms with Crippen molar-refractivity contribution in [2.24, 2.45) is 0 Å². The van der Waals surface area contributed by atoms with Crippen LogP contribution in [0.25, 0.3) is 0 Å². The third-order valence-corrected chi connectivity index (χ3v) is 4.95. The molecule has 3 rings (SSSR count). The van der Waals surface area contributed by atoms with Gasteiger partial charge in [-0.05, 0) is 56.0 Å². The Labute approximate surface area is 131 Å². The number of nitrogens with one attached hydrogen (secondary N) is 1. The summed E-state index contributed by atoms with van der Waals surface area (Å²) in [5, 5.41) is 5.27. The molecule has 1 aromatic rings. The molecule has 0 bridgehead atoms. The Bertz CT molecular complexity index is 460. The lowest BCUT2D eigenvalue weighted by molar-refractivity contribution is 0.137. The van der Waals surface area contributed by atoms with Crippen LogP contribution < -0.4 is 5.32 Å². The van der Waals surface area contributed by atoms with Gasteiger partial charge in [-0.3, -0.25) is 4.90 Å². The molecule has 2 fully saturated rings. The quantitative estimate of drug-likeness (QED) is 0.880. The fourth-order valence-corrected chi connectivity index (χ4v) is 3.34. The molecule has 1 N–H and O–H groups in total. The molecule has 0 aromatic heterocycles. The van der Waals surface area contributed by atoms with Gasteiger partial charge in [0.15, 0.2) is 0 Å². The lowest BCUT2D eigenvalue weighted by Gasteiger charge is -2.36. The van der Waals surface area contributed by atoms with E-state index in [9.17, 15) is 0 Å². The number of hydrogen-bond donors (Lipinski definition) is 1. The van der Waals surface area contributed by atoms with E-state index in [4.69, 9.17) is 23.2 Å². The van der Waals surface area contributed by atoms with Crippen molar-refractivity contribution in [1.29, 1.82) is 0 Å². The number of rotatable bonds is 5. The van der Waals surface area contributed by atoms with Crippen LogP contribution in [0.2, 0.25) is 10.0 Å². The second-order valence-corrected chi connectivity index (χ2v) is 6.88. The van der Waals surface area contributed by atoms with E-state index < -0.39 is 0 Å². The minimum atomic E-state index is 0.638. The van der Waals surface area contributed by atoms with Crippen LogP contribution in [0.4, 0.5) is 0 Å². The fourth-order valence-electron chi connectivity index (χ4n) is 2.97. The molecule has 0 amide bonds. The number of nitrogens with zero attached hydrogens (tertiary/aromatic N) is 1. The van der Waals surface area contributed by atoms with Crippen LogP contribution in [-0.2, 0) is 6.54 Å². The Hall–Kier alpha value is -0.280. The summed E-state index contributed by atoms with van der Waals surface area (Å²) in [6.07, 6.45) is 6.63. The first kappa shape index (κ1) is 14.6. The molecule has 1 saturated carbocycles. The highest BCUT2D eigenvalue weighted by Crippen LogP contribution is 2.26. The van der Waals surface area contributed by atoms with Crippen molar-refractivity contribution in [1.82, 2.24) is 10.2 Å². The molecule has 1 aromatic carbocycles. The van der Waals surface area contributed by atoms with Gasteiger partial charge in [0.25, 0.3) is 0 Å². The van der Waals surface area contributed by atoms with E-state index in [1.807, 2.05) is 18.2 Å². The van der Waals surface area contributed by atoms with Crippen LogP contribution in [0.5, 0.6) is 0 Å². The van der Waals surface area contributed by atoms with Gasteiger partial charge in [0.05, 0.1) is 0 Å². The van der Waals surface area contributed by atoms with Crippen LogP contribution in [0, 0.1) is 0 Å². The number of likely N-dealkylation sites (tertiary alicyclic amines) is 1. The zero-order valence-electron chi connectivity index (χ0n) is 11.7. The number of piperidine rings is 1. The predicted molar refractivity (Wildman–Crippen MR) is 85.5 cm³/mol. The lowest BCUT2D eigenvalue weighted by atomic mass is 10.0. The second kappa shape index (κ2) is 6.65. The van der Waals surface area contributed by atoms with Crippen LogP contribution >= 0.6 is 23.2 Å². The summed E-state index contributed by atoms with van der Waals surface area (Å²) >= 11 is 12.4. The summed E-state index contributed by atoms with van der Waals surface area (Å²) in [6.45, 7) is 3.19. The average Bonchev–Trinajstić information content (AvgIpc) is 3.26. The SMILES string of the molecule is Clc1ccc(Cl)c(CN2CCCCC2CNC2CC2)c1. The molecule has 2 aliphatic rings. The summed E-state index contributed by atoms with van der Waals surface area (Å²) in [7, 11) is 0. The highest BCUT2D eigenvalue weighted by molar-refractivity contribution is 6.33. The fraction of sp³-hybridized carbons (Fsp3) is 0.625. The lowest BCUT2D eigenvalue weighted by Crippen LogP contribution is -2.45. The van der Waals surface area contributed by atoms with Gasteiger partial charge in [0.1, 0.15) is 0 Å². The number of hydrogen-bond acceptors (Lipinski definition) is 2. The molecule has 1 aliphatic carbocycles. The molecule has 0 radical (unpaired) electrons. The Morgan fingerprint density at radius 1 is 1.15 bits per heavy atom. The summed E-state index contributed by atoms with van der Waals surface area (Å²) in [4.78, 5) is 2.57. The zero-order valence-corrected chi connectivity index (χ0v) is 13.3. The van der Waals surface area contributed by atoms with E-state index in [1.165, 1.54) is 38.6 Å². The highest BCUT2D eigenvalue weighted by Gasteiger charge is 2.26. The van der Waals surface area contributed by atoms with Gasteiger partial charge >= 0.3 is 0 Å². The van der Waals surface area contributed by atoms with E-state index in [0.29, 0.717) is 6.04 Å². The standard InChI is InChI=1S/C16H22Cl2N2/c17-13-4-7-16(18)12(9-13)11-20-8-2-1-3-15(20)10-19-14-5-6-14/h4,7,9,14-15,19H,1-3,5-6,8,10-11H2. The van der Waals surface area contributed by atoms with Gasteiger partial charge in [-0.25, -0.2) is 0 Å². The van der Waals surface area contributed by atoms with Crippen molar-refractivity contribution in [3.63, 3.8) is 0 Å². The highest BCUT2D eigenvalue weighted by atomic mass is 35.5. The maximum Gasteiger partial charge on any atom is 0.0452 e. The maximum absolute atomic E-state index is 6.30. The van der Waals surface area contributed by atoms with Gasteiger partial charge in [-0.2, -0.15) is 0 Å². The Balaban J connectivity index is 1.64. The van der Waals surface area contributed by atoms with Gasteiger partial charge < -0.3 is 5.32 Å². The minimum Gasteiger partial charge on any atom is -0.312 e. The first-order chi connectivity index (χ1) is 9.72. The third kappa shape index (κ3) is 3.88. The average molecular weight is 313 g/mol. The van der Waals surface area contributed by atoms with E-state index in [1.54, 1.807) is 0 Å². The van der Waals surface area contributed by atoms with E-state index >= 15 is 0 Å². The van der Waals surface area contributed by atoms with Crippen molar-refractivity contribution in [3.05, 3.63) is 33.8 Å². The van der Waals surface area contributed by atoms with Crippen molar-refractivity contribution >= 4 is 23.2 Å². The summed E-state index contributed by atoms with van der Waals surface area (Å²) in [6, 6.07) is 7.19. The second-order valence-electron chi connectivity index (χ2n) is 6.04. The largest absolute Gasteiger partial charge is 0.312 e. The molecule has 1 heterocycles. The molecule has 4 heteroatoms. The first-order valence-electron chi connectivity index (χ1n) is 7.64. The molecular formula is C16H22Cl2N2. The van der Waals surface area contributed by atoms with Crippen LogP contribution in [0.3, 0.4) is 0 Å². The molecule has 1 unspecified atom stereocenters. The molecule has 110 valence electrons. The normalized spacial score (nSPS) is 24.0. The molecule has 1 atom stereocenters. The van der Waals surface area contributed by atoms with E-state index in [2.05, 4.69) is 10.2 Å².